The number of hydrogen-bond donors (Lipinski definition) is 4. The maximum absolute atomic E-state index is 10.6. The molecule has 1 rings (SSSR count). The van der Waals surface area contributed by atoms with Crippen LogP contribution in [0.15, 0.2) is 0 Å². The van der Waals surface area contributed by atoms with E-state index in [1.807, 2.05) is 0 Å². The van der Waals surface area contributed by atoms with Gasteiger partial charge in [0.05, 0.1) is 5.92 Å². The monoisotopic (exact) mass is 217 g/mol. The molecule has 5 N–H and O–H groups in total. The quantitative estimate of drug-likeness (QED) is 0.454. The van der Waals surface area contributed by atoms with Crippen molar-refractivity contribution in [3.63, 3.8) is 0 Å². The van der Waals surface area contributed by atoms with Crippen LogP contribution in [0.4, 0.5) is 0 Å². The van der Waals surface area contributed by atoms with Crippen molar-refractivity contribution in [2.75, 3.05) is 0 Å². The molecule has 0 spiro atoms. The van der Waals surface area contributed by atoms with Crippen LogP contribution in [0.5, 0.6) is 0 Å². The van der Waals surface area contributed by atoms with Crippen molar-refractivity contribution in [3.8, 4) is 0 Å². The molecule has 1 aliphatic rings. The van der Waals surface area contributed by atoms with Gasteiger partial charge in [0.25, 0.3) is 0 Å². The van der Waals surface area contributed by atoms with Gasteiger partial charge in [-0.2, -0.15) is 0 Å². The molecule has 1 aliphatic carbocycles. The number of carboxylic acids is 3. The van der Waals surface area contributed by atoms with Crippen molar-refractivity contribution in [2.45, 2.75) is 12.5 Å². The van der Waals surface area contributed by atoms with Crippen LogP contribution in [-0.2, 0) is 14.4 Å². The minimum atomic E-state index is -1.31. The highest BCUT2D eigenvalue weighted by Crippen LogP contribution is 2.50. The maximum atomic E-state index is 10.6. The fourth-order valence-electron chi connectivity index (χ4n) is 1.87. The molecule has 4 unspecified atom stereocenters. The molecule has 15 heavy (non-hydrogen) atoms. The summed E-state index contributed by atoms with van der Waals surface area (Å²) in [6, 6.07) is -1.31. The summed E-state index contributed by atoms with van der Waals surface area (Å²) in [6.45, 7) is 0. The number of aliphatic carboxylic acids is 3. The van der Waals surface area contributed by atoms with E-state index in [0.717, 1.165) is 0 Å². The molecule has 0 aromatic heterocycles. The molecule has 0 saturated heterocycles. The van der Waals surface area contributed by atoms with Crippen LogP contribution < -0.4 is 5.73 Å². The molecule has 7 heteroatoms. The first kappa shape index (κ1) is 11.4. The van der Waals surface area contributed by atoms with Gasteiger partial charge in [0, 0.05) is 12.3 Å². The Morgan fingerprint density at radius 2 is 1.73 bits per heavy atom. The fraction of sp³-hybridized carbons (Fsp3) is 0.625. The Morgan fingerprint density at radius 3 is 2.07 bits per heavy atom. The predicted octanol–water partition coefficient (Wildman–Crippen LogP) is -1.18. The summed E-state index contributed by atoms with van der Waals surface area (Å²) < 4.78 is 0. The number of carboxylic acid groups (broad SMARTS) is 3. The molecule has 0 aromatic carbocycles. The van der Waals surface area contributed by atoms with Crippen LogP contribution in [-0.4, -0.2) is 39.3 Å². The molecule has 0 amide bonds. The summed E-state index contributed by atoms with van der Waals surface area (Å²) in [5.41, 5.74) is 5.26. The third kappa shape index (κ3) is 2.24. The van der Waals surface area contributed by atoms with Gasteiger partial charge in [-0.3, -0.25) is 14.4 Å². The standard InChI is InChI=1S/C8H11NO6/c9-6(8(14)15)4-2(1-3(10)11)5(4)7(12)13/h2,4-6H,1,9H2,(H,10,11)(H,12,13)(H,14,15). The second-order valence-corrected chi connectivity index (χ2v) is 3.57. The third-order valence-electron chi connectivity index (χ3n) is 2.62. The van der Waals surface area contributed by atoms with E-state index in [4.69, 9.17) is 21.1 Å². The van der Waals surface area contributed by atoms with Crippen LogP contribution >= 0.6 is 0 Å². The zero-order chi connectivity index (χ0) is 11.7. The van der Waals surface area contributed by atoms with Crippen molar-refractivity contribution in [1.82, 2.24) is 0 Å². The lowest BCUT2D eigenvalue weighted by Gasteiger charge is -2.03. The van der Waals surface area contributed by atoms with Gasteiger partial charge in [-0.1, -0.05) is 0 Å². The van der Waals surface area contributed by atoms with E-state index in [2.05, 4.69) is 0 Å². The summed E-state index contributed by atoms with van der Waals surface area (Å²) in [6.07, 6.45) is -0.359. The Bertz CT molecular complexity index is 314. The van der Waals surface area contributed by atoms with E-state index >= 15 is 0 Å². The van der Waals surface area contributed by atoms with Crippen LogP contribution in [0.1, 0.15) is 6.42 Å². The SMILES string of the molecule is NC(C(=O)O)C1C(CC(=O)O)C1C(=O)O. The second-order valence-electron chi connectivity index (χ2n) is 3.57. The summed E-state index contributed by atoms with van der Waals surface area (Å²) in [5, 5.41) is 25.8. The molecule has 0 radical (unpaired) electrons. The van der Waals surface area contributed by atoms with E-state index in [1.54, 1.807) is 0 Å². The molecule has 1 saturated carbocycles. The first-order valence-electron chi connectivity index (χ1n) is 4.29. The van der Waals surface area contributed by atoms with Crippen molar-refractivity contribution in [3.05, 3.63) is 0 Å². The largest absolute Gasteiger partial charge is 0.481 e. The number of rotatable bonds is 5. The molecular weight excluding hydrogens is 206 g/mol. The van der Waals surface area contributed by atoms with Crippen molar-refractivity contribution in [2.24, 2.45) is 23.5 Å². The summed E-state index contributed by atoms with van der Waals surface area (Å²) in [4.78, 5) is 31.5. The number of carbonyl (C=O) groups is 3. The predicted molar refractivity (Wildman–Crippen MR) is 46.0 cm³/mol. The van der Waals surface area contributed by atoms with Crippen LogP contribution in [0, 0.1) is 17.8 Å². The summed E-state index contributed by atoms with van der Waals surface area (Å²) in [5.74, 6) is -6.05. The Kier molecular flexibility index (Phi) is 2.94. The van der Waals surface area contributed by atoms with E-state index in [9.17, 15) is 14.4 Å². The minimum Gasteiger partial charge on any atom is -0.481 e. The van der Waals surface area contributed by atoms with Crippen molar-refractivity contribution >= 4 is 17.9 Å². The van der Waals surface area contributed by atoms with E-state index in [-0.39, 0.29) is 6.42 Å². The molecule has 84 valence electrons. The van der Waals surface area contributed by atoms with Crippen molar-refractivity contribution < 1.29 is 29.7 Å². The van der Waals surface area contributed by atoms with Gasteiger partial charge in [0.1, 0.15) is 6.04 Å². The topological polar surface area (TPSA) is 138 Å². The molecular formula is C8H11NO6. The molecule has 0 heterocycles. The lowest BCUT2D eigenvalue weighted by molar-refractivity contribution is -0.140. The van der Waals surface area contributed by atoms with Crippen molar-refractivity contribution in [1.29, 1.82) is 0 Å². The van der Waals surface area contributed by atoms with E-state index in [1.165, 1.54) is 0 Å². The Balaban J connectivity index is 2.69. The Morgan fingerprint density at radius 1 is 1.20 bits per heavy atom. The average Bonchev–Trinajstić information content (AvgIpc) is 2.76. The lowest BCUT2D eigenvalue weighted by atomic mass is 10.1. The lowest BCUT2D eigenvalue weighted by Crippen LogP contribution is -2.34. The van der Waals surface area contributed by atoms with Gasteiger partial charge in [-0.15, -0.1) is 0 Å². The molecule has 0 aliphatic heterocycles. The average molecular weight is 217 g/mol. The van der Waals surface area contributed by atoms with E-state index in [0.29, 0.717) is 0 Å². The molecule has 7 nitrogen and oxygen atoms in total. The Labute approximate surface area is 84.5 Å². The highest BCUT2D eigenvalue weighted by molar-refractivity contribution is 5.81. The van der Waals surface area contributed by atoms with E-state index < -0.39 is 41.7 Å². The van der Waals surface area contributed by atoms with Crippen LogP contribution in [0.2, 0.25) is 0 Å². The summed E-state index contributed by atoms with van der Waals surface area (Å²) in [7, 11) is 0. The minimum absolute atomic E-state index is 0.359. The fourth-order valence-corrected chi connectivity index (χ4v) is 1.87. The highest BCUT2D eigenvalue weighted by atomic mass is 16.4. The number of hydrogen-bond acceptors (Lipinski definition) is 4. The van der Waals surface area contributed by atoms with Crippen LogP contribution in [0.3, 0.4) is 0 Å². The zero-order valence-corrected chi connectivity index (χ0v) is 7.66. The first-order chi connectivity index (χ1) is 6.86. The molecule has 1 fully saturated rings. The number of nitrogens with two attached hydrogens (primary N) is 1. The van der Waals surface area contributed by atoms with Gasteiger partial charge in [0.15, 0.2) is 0 Å². The second kappa shape index (κ2) is 3.85. The highest BCUT2D eigenvalue weighted by Gasteiger charge is 2.59. The molecule has 4 atom stereocenters. The maximum Gasteiger partial charge on any atom is 0.320 e. The van der Waals surface area contributed by atoms with Gasteiger partial charge in [-0.25, -0.2) is 0 Å². The zero-order valence-electron chi connectivity index (χ0n) is 7.66. The normalized spacial score (nSPS) is 30.6. The smallest absolute Gasteiger partial charge is 0.320 e. The Hall–Kier alpha value is -1.63. The van der Waals surface area contributed by atoms with Gasteiger partial charge in [0.2, 0.25) is 0 Å². The van der Waals surface area contributed by atoms with Gasteiger partial charge in [-0.05, 0) is 5.92 Å². The summed E-state index contributed by atoms with van der Waals surface area (Å²) >= 11 is 0. The van der Waals surface area contributed by atoms with Gasteiger partial charge >= 0.3 is 17.9 Å². The van der Waals surface area contributed by atoms with Crippen LogP contribution in [0.25, 0.3) is 0 Å². The first-order valence-corrected chi connectivity index (χ1v) is 4.29. The van der Waals surface area contributed by atoms with Gasteiger partial charge < -0.3 is 21.1 Å². The molecule has 0 aromatic rings. The third-order valence-corrected chi connectivity index (χ3v) is 2.62. The molecule has 0 bridgehead atoms.